The molecule has 0 spiro atoms. The summed E-state index contributed by atoms with van der Waals surface area (Å²) in [7, 11) is -2.55. The van der Waals surface area contributed by atoms with Crippen LogP contribution in [0.2, 0.25) is 6.55 Å². The lowest BCUT2D eigenvalue weighted by molar-refractivity contribution is 0.527. The van der Waals surface area contributed by atoms with Crippen LogP contribution < -0.4 is 5.19 Å². The van der Waals surface area contributed by atoms with E-state index in [2.05, 4.69) is 34.3 Å². The van der Waals surface area contributed by atoms with E-state index in [0.29, 0.717) is 6.17 Å². The zero-order chi connectivity index (χ0) is 14.7. The monoisotopic (exact) mass is 295 g/mol. The zero-order valence-electron chi connectivity index (χ0n) is 11.8. The van der Waals surface area contributed by atoms with Gasteiger partial charge in [-0.25, -0.2) is 4.98 Å². The third kappa shape index (κ3) is 3.09. The van der Waals surface area contributed by atoms with Crippen LogP contribution in [0.15, 0.2) is 67.3 Å². The summed E-state index contributed by atoms with van der Waals surface area (Å²) in [6, 6.07) is 18.4. The maximum Gasteiger partial charge on any atom is 0.238 e. The van der Waals surface area contributed by atoms with E-state index in [0.717, 1.165) is 10.8 Å². The summed E-state index contributed by atoms with van der Waals surface area (Å²) < 4.78 is 1.69. The Kier molecular flexibility index (Phi) is 3.68. The molecule has 0 aliphatic heterocycles. The summed E-state index contributed by atoms with van der Waals surface area (Å²) >= 11 is 0. The molecule has 0 radical (unpaired) electrons. The lowest BCUT2D eigenvalue weighted by Gasteiger charge is -2.20. The molecule has 106 valence electrons. The fourth-order valence-corrected chi connectivity index (χ4v) is 4.23. The van der Waals surface area contributed by atoms with Gasteiger partial charge in [-0.3, -0.25) is 4.68 Å². The molecule has 0 saturated carbocycles. The molecule has 2 aromatic carbocycles. The fraction of sp³-hybridized carbons (Fsp3) is 0.125. The Balaban J connectivity index is 1.83. The van der Waals surface area contributed by atoms with Gasteiger partial charge in [0.15, 0.2) is 0 Å². The van der Waals surface area contributed by atoms with Gasteiger partial charge in [0.2, 0.25) is 8.32 Å². The number of benzene rings is 2. The quantitative estimate of drug-likeness (QED) is 0.749. The summed E-state index contributed by atoms with van der Waals surface area (Å²) in [4.78, 5) is 14.7. The van der Waals surface area contributed by atoms with E-state index in [1.807, 2.05) is 36.9 Å². The maximum absolute atomic E-state index is 10.8. The predicted molar refractivity (Wildman–Crippen MR) is 85.4 cm³/mol. The van der Waals surface area contributed by atoms with E-state index in [1.54, 1.807) is 11.0 Å². The van der Waals surface area contributed by atoms with Crippen molar-refractivity contribution in [3.63, 3.8) is 0 Å². The van der Waals surface area contributed by atoms with E-state index in [9.17, 15) is 4.80 Å². The normalized spacial score (nSPS) is 13.8. The molecule has 5 heteroatoms. The smallest absolute Gasteiger partial charge is 0.238 e. The number of hydrogen-bond acceptors (Lipinski definition) is 3. The predicted octanol–water partition coefficient (Wildman–Crippen LogP) is 1.96. The summed E-state index contributed by atoms with van der Waals surface area (Å²) in [5.74, 6) is 0. The number of rotatable bonds is 4. The van der Waals surface area contributed by atoms with Crippen molar-refractivity contribution >= 4 is 13.5 Å². The zero-order valence-corrected chi connectivity index (χ0v) is 12.8. The molecule has 3 aromatic rings. The second kappa shape index (κ2) is 5.63. The fourth-order valence-electron chi connectivity index (χ4n) is 2.37. The molecule has 1 atom stereocenters. The van der Waals surface area contributed by atoms with Gasteiger partial charge < -0.3 is 4.80 Å². The van der Waals surface area contributed by atoms with E-state index in [-0.39, 0.29) is 0 Å². The Morgan fingerprint density at radius 2 is 1.67 bits per heavy atom. The molecule has 1 heterocycles. The molecule has 0 saturated heterocycles. The van der Waals surface area contributed by atoms with Crippen molar-refractivity contribution in [2.75, 3.05) is 0 Å². The first-order chi connectivity index (χ1) is 10.1. The van der Waals surface area contributed by atoms with E-state index < -0.39 is 8.32 Å². The highest BCUT2D eigenvalue weighted by atomic mass is 28.4. The topological polar surface area (TPSA) is 50.9 Å². The number of aromatic nitrogens is 3. The van der Waals surface area contributed by atoms with Crippen LogP contribution in [-0.4, -0.2) is 27.9 Å². The summed E-state index contributed by atoms with van der Waals surface area (Å²) in [5.41, 5.74) is 2.34. The van der Waals surface area contributed by atoms with Gasteiger partial charge in [0.25, 0.3) is 0 Å². The van der Waals surface area contributed by atoms with Gasteiger partial charge in [-0.2, -0.15) is 5.10 Å². The standard InChI is InChI=1S/C16H17N3OSi/c1-21(20,13-19-12-17-11-18-19)16-9-7-15(8-10-16)14-5-3-2-4-6-14/h2-12,20H,13H2,1H3. The van der Waals surface area contributed by atoms with Crippen molar-refractivity contribution in [3.05, 3.63) is 67.3 Å². The molecule has 0 aliphatic carbocycles. The van der Waals surface area contributed by atoms with Crippen LogP contribution >= 0.6 is 0 Å². The highest BCUT2D eigenvalue weighted by Crippen LogP contribution is 2.18. The SMILES string of the molecule is C[Si](O)(Cn1cncn1)c1ccc(-c2ccccc2)cc1. The lowest BCUT2D eigenvalue weighted by Crippen LogP contribution is -2.49. The van der Waals surface area contributed by atoms with Crippen LogP contribution in [0.1, 0.15) is 0 Å². The molecule has 0 aliphatic rings. The first kappa shape index (κ1) is 13.7. The third-order valence-electron chi connectivity index (χ3n) is 3.55. The second-order valence-electron chi connectivity index (χ2n) is 5.31. The van der Waals surface area contributed by atoms with E-state index in [4.69, 9.17) is 0 Å². The maximum atomic E-state index is 10.8. The van der Waals surface area contributed by atoms with Crippen LogP contribution in [-0.2, 0) is 6.17 Å². The van der Waals surface area contributed by atoms with Crippen LogP contribution in [0, 0.1) is 0 Å². The van der Waals surface area contributed by atoms with Gasteiger partial charge in [0.1, 0.15) is 12.7 Å². The summed E-state index contributed by atoms with van der Waals surface area (Å²) in [6.45, 7) is 1.92. The van der Waals surface area contributed by atoms with Gasteiger partial charge in [0, 0.05) is 0 Å². The molecule has 21 heavy (non-hydrogen) atoms. The van der Waals surface area contributed by atoms with Crippen LogP contribution in [0.25, 0.3) is 11.1 Å². The molecular formula is C16H17N3OSi. The lowest BCUT2D eigenvalue weighted by atomic mass is 10.1. The molecule has 1 unspecified atom stereocenters. The Morgan fingerprint density at radius 1 is 1.00 bits per heavy atom. The van der Waals surface area contributed by atoms with Crippen molar-refractivity contribution in [2.24, 2.45) is 0 Å². The molecule has 3 rings (SSSR count). The summed E-state index contributed by atoms with van der Waals surface area (Å²) in [5, 5.41) is 5.07. The first-order valence-corrected chi connectivity index (χ1v) is 9.51. The third-order valence-corrected chi connectivity index (χ3v) is 6.07. The first-order valence-electron chi connectivity index (χ1n) is 6.86. The van der Waals surface area contributed by atoms with Crippen molar-refractivity contribution in [1.29, 1.82) is 0 Å². The van der Waals surface area contributed by atoms with Gasteiger partial charge in [-0.05, 0) is 22.9 Å². The Morgan fingerprint density at radius 3 is 2.29 bits per heavy atom. The van der Waals surface area contributed by atoms with Gasteiger partial charge >= 0.3 is 0 Å². The van der Waals surface area contributed by atoms with Gasteiger partial charge in [0.05, 0.1) is 6.17 Å². The molecule has 0 fully saturated rings. The Hall–Kier alpha value is -2.24. The van der Waals surface area contributed by atoms with Gasteiger partial charge in [-0.1, -0.05) is 54.6 Å². The molecule has 1 aromatic heterocycles. The number of nitrogens with zero attached hydrogens (tertiary/aromatic N) is 3. The second-order valence-corrected chi connectivity index (χ2v) is 8.75. The minimum Gasteiger partial charge on any atom is -0.426 e. The van der Waals surface area contributed by atoms with Crippen LogP contribution in [0.5, 0.6) is 0 Å². The van der Waals surface area contributed by atoms with E-state index in [1.165, 1.54) is 11.9 Å². The Bertz CT molecular complexity index is 694. The minimum absolute atomic E-state index is 0.512. The molecule has 4 nitrogen and oxygen atoms in total. The van der Waals surface area contributed by atoms with Crippen molar-refractivity contribution in [2.45, 2.75) is 12.7 Å². The highest BCUT2D eigenvalue weighted by molar-refractivity contribution is 6.83. The van der Waals surface area contributed by atoms with Crippen molar-refractivity contribution < 1.29 is 4.80 Å². The molecule has 1 N–H and O–H groups in total. The molecular weight excluding hydrogens is 278 g/mol. The average Bonchev–Trinajstić information content (AvgIpc) is 3.00. The van der Waals surface area contributed by atoms with Crippen LogP contribution in [0.3, 0.4) is 0 Å². The molecule has 0 amide bonds. The average molecular weight is 295 g/mol. The van der Waals surface area contributed by atoms with Crippen molar-refractivity contribution in [3.8, 4) is 11.1 Å². The minimum atomic E-state index is -2.55. The number of hydrogen-bond donors (Lipinski definition) is 1. The van der Waals surface area contributed by atoms with Crippen molar-refractivity contribution in [1.82, 2.24) is 14.8 Å². The van der Waals surface area contributed by atoms with Gasteiger partial charge in [-0.15, -0.1) is 0 Å². The Labute approximate surface area is 124 Å². The summed E-state index contributed by atoms with van der Waals surface area (Å²) in [6.07, 6.45) is 3.64. The van der Waals surface area contributed by atoms with E-state index >= 15 is 0 Å². The molecule has 0 bridgehead atoms. The van der Waals surface area contributed by atoms with Crippen LogP contribution in [0.4, 0.5) is 0 Å². The highest BCUT2D eigenvalue weighted by Gasteiger charge is 2.28. The largest absolute Gasteiger partial charge is 0.426 e.